The van der Waals surface area contributed by atoms with Crippen molar-refractivity contribution >= 4 is 17.2 Å². The Morgan fingerprint density at radius 2 is 2.21 bits per heavy atom. The van der Waals surface area contributed by atoms with Crippen molar-refractivity contribution in [1.82, 2.24) is 25.6 Å². The van der Waals surface area contributed by atoms with Gasteiger partial charge >= 0.3 is 0 Å². The van der Waals surface area contributed by atoms with Crippen LogP contribution in [-0.4, -0.2) is 40.0 Å². The van der Waals surface area contributed by atoms with Gasteiger partial charge in [0.15, 0.2) is 10.8 Å². The summed E-state index contributed by atoms with van der Waals surface area (Å²) in [5.74, 6) is 0.475. The Balaban J connectivity index is 1.72. The van der Waals surface area contributed by atoms with E-state index in [1.807, 2.05) is 0 Å². The van der Waals surface area contributed by atoms with Crippen molar-refractivity contribution in [3.8, 4) is 10.8 Å². The Bertz CT molecular complexity index is 565. The minimum absolute atomic E-state index is 0.0756. The molecule has 3 rings (SSSR count). The molecule has 1 fully saturated rings. The second-order valence-corrected chi connectivity index (χ2v) is 5.30. The predicted octanol–water partition coefficient (Wildman–Crippen LogP) is 0.692. The highest BCUT2D eigenvalue weighted by atomic mass is 32.1. The summed E-state index contributed by atoms with van der Waals surface area (Å²) in [6.45, 7) is 1.79. The van der Waals surface area contributed by atoms with Crippen molar-refractivity contribution in [1.29, 1.82) is 0 Å². The van der Waals surface area contributed by atoms with E-state index in [1.54, 1.807) is 24.7 Å². The van der Waals surface area contributed by atoms with Crippen LogP contribution in [-0.2, 0) is 0 Å². The third-order valence-corrected chi connectivity index (χ3v) is 3.87. The van der Waals surface area contributed by atoms with E-state index in [0.717, 1.165) is 19.5 Å². The van der Waals surface area contributed by atoms with Crippen molar-refractivity contribution in [3.05, 3.63) is 29.5 Å². The molecule has 2 N–H and O–H groups in total. The number of amides is 1. The zero-order valence-electron chi connectivity index (χ0n) is 10.2. The molecule has 1 saturated heterocycles. The number of hydrogen-bond donors (Lipinski definition) is 2. The second-order valence-electron chi connectivity index (χ2n) is 4.27. The topological polar surface area (TPSA) is 79.8 Å². The van der Waals surface area contributed by atoms with Crippen molar-refractivity contribution in [2.24, 2.45) is 0 Å². The van der Waals surface area contributed by atoms with Crippen LogP contribution in [0.1, 0.15) is 16.1 Å². The van der Waals surface area contributed by atoms with Gasteiger partial charge in [0.1, 0.15) is 4.88 Å². The summed E-state index contributed by atoms with van der Waals surface area (Å²) in [5.41, 5.74) is 0. The fourth-order valence-electron chi connectivity index (χ4n) is 1.93. The maximum Gasteiger partial charge on any atom is 0.263 e. The van der Waals surface area contributed by atoms with Crippen LogP contribution >= 0.6 is 11.3 Å². The molecule has 0 radical (unpaired) electrons. The van der Waals surface area contributed by atoms with E-state index in [0.29, 0.717) is 15.7 Å². The molecule has 7 heteroatoms. The molecule has 0 aliphatic carbocycles. The van der Waals surface area contributed by atoms with E-state index >= 15 is 0 Å². The SMILES string of the molecule is O=C(N[C@H]1CCNC1)c1cnc(-c2ncccn2)s1. The third-order valence-electron chi connectivity index (χ3n) is 2.88. The van der Waals surface area contributed by atoms with Crippen LogP contribution in [0.3, 0.4) is 0 Å². The lowest BCUT2D eigenvalue weighted by atomic mass is 10.2. The number of nitrogens with zero attached hydrogens (tertiary/aromatic N) is 3. The van der Waals surface area contributed by atoms with Gasteiger partial charge in [0.25, 0.3) is 5.91 Å². The van der Waals surface area contributed by atoms with E-state index < -0.39 is 0 Å². The summed E-state index contributed by atoms with van der Waals surface area (Å²) in [4.78, 5) is 25.1. The van der Waals surface area contributed by atoms with Gasteiger partial charge in [-0.15, -0.1) is 11.3 Å². The van der Waals surface area contributed by atoms with Crippen molar-refractivity contribution in [2.45, 2.75) is 12.5 Å². The maximum absolute atomic E-state index is 12.0. The molecule has 0 saturated carbocycles. The lowest BCUT2D eigenvalue weighted by molar-refractivity contribution is 0.0944. The van der Waals surface area contributed by atoms with E-state index in [1.165, 1.54) is 11.3 Å². The van der Waals surface area contributed by atoms with Gasteiger partial charge in [0, 0.05) is 25.0 Å². The van der Waals surface area contributed by atoms with E-state index in [-0.39, 0.29) is 11.9 Å². The van der Waals surface area contributed by atoms with Gasteiger partial charge in [-0.2, -0.15) is 0 Å². The molecule has 19 heavy (non-hydrogen) atoms. The summed E-state index contributed by atoms with van der Waals surface area (Å²) in [5, 5.41) is 6.86. The van der Waals surface area contributed by atoms with Crippen LogP contribution in [0.15, 0.2) is 24.7 Å². The van der Waals surface area contributed by atoms with E-state index in [4.69, 9.17) is 0 Å². The van der Waals surface area contributed by atoms with Crippen LogP contribution in [0.2, 0.25) is 0 Å². The van der Waals surface area contributed by atoms with Gasteiger partial charge in [0.05, 0.1) is 6.20 Å². The molecule has 1 amide bonds. The second kappa shape index (κ2) is 5.41. The molecule has 6 nitrogen and oxygen atoms in total. The molecule has 2 aromatic heterocycles. The maximum atomic E-state index is 12.0. The average Bonchev–Trinajstić information content (AvgIpc) is 3.10. The highest BCUT2D eigenvalue weighted by Gasteiger charge is 2.19. The minimum Gasteiger partial charge on any atom is -0.347 e. The van der Waals surface area contributed by atoms with Gasteiger partial charge in [-0.1, -0.05) is 0 Å². The first-order chi connectivity index (χ1) is 9.33. The summed E-state index contributed by atoms with van der Waals surface area (Å²) >= 11 is 1.31. The molecular formula is C12H13N5OS. The zero-order chi connectivity index (χ0) is 13.1. The minimum atomic E-state index is -0.0756. The normalized spacial score (nSPS) is 18.4. The highest BCUT2D eigenvalue weighted by molar-refractivity contribution is 7.16. The summed E-state index contributed by atoms with van der Waals surface area (Å²) in [7, 11) is 0. The zero-order valence-corrected chi connectivity index (χ0v) is 11.0. The Labute approximate surface area is 114 Å². The Morgan fingerprint density at radius 1 is 1.37 bits per heavy atom. The van der Waals surface area contributed by atoms with Gasteiger partial charge in [-0.05, 0) is 19.0 Å². The van der Waals surface area contributed by atoms with Gasteiger partial charge in [0.2, 0.25) is 0 Å². The van der Waals surface area contributed by atoms with Gasteiger partial charge in [-0.3, -0.25) is 4.79 Å². The largest absolute Gasteiger partial charge is 0.347 e. The van der Waals surface area contributed by atoms with Crippen LogP contribution < -0.4 is 10.6 Å². The van der Waals surface area contributed by atoms with Crippen molar-refractivity contribution < 1.29 is 4.79 Å². The first-order valence-corrected chi connectivity index (χ1v) is 6.89. The number of nitrogens with one attached hydrogen (secondary N) is 2. The lowest BCUT2D eigenvalue weighted by Gasteiger charge is -2.09. The molecule has 0 aromatic carbocycles. The molecule has 1 atom stereocenters. The third kappa shape index (κ3) is 2.77. The summed E-state index contributed by atoms with van der Waals surface area (Å²) < 4.78 is 0. The number of aromatic nitrogens is 3. The van der Waals surface area contributed by atoms with Crippen LogP contribution in [0.4, 0.5) is 0 Å². The first kappa shape index (κ1) is 12.2. The number of carbonyl (C=O) groups is 1. The summed E-state index contributed by atoms with van der Waals surface area (Å²) in [6.07, 6.45) is 5.87. The fourth-order valence-corrected chi connectivity index (χ4v) is 2.69. The van der Waals surface area contributed by atoms with Crippen LogP contribution in [0.5, 0.6) is 0 Å². The smallest absolute Gasteiger partial charge is 0.263 e. The van der Waals surface area contributed by atoms with Crippen molar-refractivity contribution in [2.75, 3.05) is 13.1 Å². The number of carbonyl (C=O) groups excluding carboxylic acids is 1. The Morgan fingerprint density at radius 3 is 2.95 bits per heavy atom. The van der Waals surface area contributed by atoms with Crippen molar-refractivity contribution in [3.63, 3.8) is 0 Å². The first-order valence-electron chi connectivity index (χ1n) is 6.08. The molecular weight excluding hydrogens is 262 g/mol. The molecule has 0 unspecified atom stereocenters. The average molecular weight is 275 g/mol. The molecule has 0 spiro atoms. The highest BCUT2D eigenvalue weighted by Crippen LogP contribution is 2.21. The lowest BCUT2D eigenvalue weighted by Crippen LogP contribution is -2.35. The predicted molar refractivity (Wildman–Crippen MR) is 71.9 cm³/mol. The monoisotopic (exact) mass is 275 g/mol. The molecule has 1 aliphatic heterocycles. The van der Waals surface area contributed by atoms with Crippen LogP contribution in [0.25, 0.3) is 10.8 Å². The molecule has 98 valence electrons. The molecule has 1 aliphatic rings. The van der Waals surface area contributed by atoms with E-state index in [9.17, 15) is 4.79 Å². The number of thiazole rings is 1. The number of rotatable bonds is 3. The van der Waals surface area contributed by atoms with E-state index in [2.05, 4.69) is 25.6 Å². The van der Waals surface area contributed by atoms with Gasteiger partial charge in [-0.25, -0.2) is 15.0 Å². The molecule has 3 heterocycles. The molecule has 2 aromatic rings. The fraction of sp³-hybridized carbons (Fsp3) is 0.333. The standard InChI is InChI=1S/C12H13N5OS/c18-11(17-8-2-5-13-6-8)9-7-16-12(19-9)10-14-3-1-4-15-10/h1,3-4,7-8,13H,2,5-6H2,(H,17,18)/t8-/m0/s1. The van der Waals surface area contributed by atoms with Crippen LogP contribution in [0, 0.1) is 0 Å². The quantitative estimate of drug-likeness (QED) is 0.861. The summed E-state index contributed by atoms with van der Waals surface area (Å²) in [6, 6.07) is 1.96. The Hall–Kier alpha value is -1.86. The van der Waals surface area contributed by atoms with Gasteiger partial charge < -0.3 is 10.6 Å². The molecule has 0 bridgehead atoms. The number of hydrogen-bond acceptors (Lipinski definition) is 6. The Kier molecular flexibility index (Phi) is 3.47.